The van der Waals surface area contributed by atoms with Gasteiger partial charge in [-0.1, -0.05) is 31.0 Å². The molecule has 1 N–H and O–H groups in total. The van der Waals surface area contributed by atoms with Gasteiger partial charge in [-0.2, -0.15) is 0 Å². The Morgan fingerprint density at radius 3 is 2.67 bits per heavy atom. The van der Waals surface area contributed by atoms with Crippen LogP contribution in [0.25, 0.3) is 0 Å². The molecule has 3 nitrogen and oxygen atoms in total. The summed E-state index contributed by atoms with van der Waals surface area (Å²) in [6, 6.07) is 10.7. The predicted octanol–water partition coefficient (Wildman–Crippen LogP) is 3.39. The van der Waals surface area contributed by atoms with E-state index in [0.29, 0.717) is 17.6 Å². The molecule has 1 aromatic carbocycles. The van der Waals surface area contributed by atoms with Crippen LogP contribution in [0.15, 0.2) is 30.3 Å². The lowest BCUT2D eigenvalue weighted by Crippen LogP contribution is -2.63. The Morgan fingerprint density at radius 1 is 1.19 bits per heavy atom. The third kappa shape index (κ3) is 3.09. The smallest absolute Gasteiger partial charge is 0.119 e. The summed E-state index contributed by atoms with van der Waals surface area (Å²) in [7, 11) is 0. The summed E-state index contributed by atoms with van der Waals surface area (Å²) in [6.07, 6.45) is 7.03. The van der Waals surface area contributed by atoms with Gasteiger partial charge in [-0.15, -0.1) is 0 Å². The van der Waals surface area contributed by atoms with E-state index in [4.69, 9.17) is 9.47 Å². The molecule has 0 heterocycles. The van der Waals surface area contributed by atoms with Gasteiger partial charge in [-0.05, 0) is 38.3 Å². The number of para-hydroxylation sites is 1. The molecule has 2 atom stereocenters. The zero-order valence-corrected chi connectivity index (χ0v) is 13.0. The van der Waals surface area contributed by atoms with E-state index in [0.717, 1.165) is 25.5 Å². The van der Waals surface area contributed by atoms with E-state index >= 15 is 0 Å². The number of ether oxygens (including phenoxy) is 2. The van der Waals surface area contributed by atoms with E-state index in [1.54, 1.807) is 0 Å². The fourth-order valence-electron chi connectivity index (χ4n) is 4.09. The van der Waals surface area contributed by atoms with Crippen LogP contribution < -0.4 is 10.1 Å². The fraction of sp³-hybridized carbons (Fsp3) is 0.667. The van der Waals surface area contributed by atoms with Crippen LogP contribution in [0, 0.1) is 5.41 Å². The van der Waals surface area contributed by atoms with Gasteiger partial charge in [0.1, 0.15) is 12.4 Å². The van der Waals surface area contributed by atoms with Crippen molar-refractivity contribution in [2.75, 3.05) is 19.8 Å². The molecule has 2 fully saturated rings. The summed E-state index contributed by atoms with van der Waals surface area (Å²) in [5, 5.41) is 3.71. The van der Waals surface area contributed by atoms with E-state index in [1.807, 2.05) is 30.3 Å². The maximum Gasteiger partial charge on any atom is 0.119 e. The third-order valence-electron chi connectivity index (χ3n) is 5.19. The van der Waals surface area contributed by atoms with E-state index in [2.05, 4.69) is 12.2 Å². The molecule has 1 spiro atoms. The van der Waals surface area contributed by atoms with Crippen molar-refractivity contribution >= 4 is 0 Å². The van der Waals surface area contributed by atoms with Gasteiger partial charge < -0.3 is 14.8 Å². The highest BCUT2D eigenvalue weighted by molar-refractivity contribution is 5.20. The Morgan fingerprint density at radius 2 is 1.95 bits per heavy atom. The molecule has 0 radical (unpaired) electrons. The van der Waals surface area contributed by atoms with Crippen LogP contribution in [-0.4, -0.2) is 31.9 Å². The van der Waals surface area contributed by atoms with Crippen molar-refractivity contribution in [2.24, 2.45) is 5.41 Å². The normalized spacial score (nSPS) is 26.7. The van der Waals surface area contributed by atoms with E-state index in [9.17, 15) is 0 Å². The van der Waals surface area contributed by atoms with Crippen LogP contribution in [0.5, 0.6) is 5.75 Å². The van der Waals surface area contributed by atoms with E-state index < -0.39 is 0 Å². The van der Waals surface area contributed by atoms with Crippen LogP contribution in [0.1, 0.15) is 39.0 Å². The molecule has 2 saturated carbocycles. The van der Waals surface area contributed by atoms with Crippen LogP contribution in [-0.2, 0) is 4.74 Å². The van der Waals surface area contributed by atoms with Crippen LogP contribution >= 0.6 is 0 Å². The fourth-order valence-corrected chi connectivity index (χ4v) is 4.09. The van der Waals surface area contributed by atoms with Gasteiger partial charge in [0.15, 0.2) is 0 Å². The molecule has 21 heavy (non-hydrogen) atoms. The first kappa shape index (κ1) is 14.9. The highest BCUT2D eigenvalue weighted by atomic mass is 16.5. The van der Waals surface area contributed by atoms with E-state index in [1.165, 1.54) is 32.1 Å². The number of hydrogen-bond donors (Lipinski definition) is 1. The van der Waals surface area contributed by atoms with Gasteiger partial charge >= 0.3 is 0 Å². The second-order valence-corrected chi connectivity index (χ2v) is 6.29. The van der Waals surface area contributed by atoms with Gasteiger partial charge in [0.25, 0.3) is 0 Å². The molecular formula is C18H27NO2. The Labute approximate surface area is 128 Å². The second kappa shape index (κ2) is 6.80. The Bertz CT molecular complexity index is 428. The van der Waals surface area contributed by atoms with Gasteiger partial charge in [-0.3, -0.25) is 0 Å². The Hall–Kier alpha value is -1.06. The largest absolute Gasteiger partial charge is 0.492 e. The zero-order valence-electron chi connectivity index (χ0n) is 13.0. The number of benzene rings is 1. The molecule has 0 bridgehead atoms. The van der Waals surface area contributed by atoms with Crippen molar-refractivity contribution in [3.63, 3.8) is 0 Å². The Balaban J connectivity index is 1.43. The van der Waals surface area contributed by atoms with Crippen molar-refractivity contribution in [2.45, 2.75) is 51.2 Å². The molecule has 2 aliphatic carbocycles. The molecule has 1 aromatic rings. The molecular weight excluding hydrogens is 262 g/mol. The molecule has 3 rings (SSSR count). The number of nitrogens with one attached hydrogen (secondary N) is 1. The van der Waals surface area contributed by atoms with Gasteiger partial charge in [0.05, 0.1) is 6.10 Å². The standard InChI is InChI=1S/C18H27NO2/c1-2-20-17-14-16(18(17)10-6-7-11-18)19-12-13-21-15-8-4-3-5-9-15/h3-5,8-9,16-17,19H,2,6-7,10-14H2,1H3. The highest BCUT2D eigenvalue weighted by Gasteiger charge is 2.56. The molecule has 2 unspecified atom stereocenters. The molecule has 3 heteroatoms. The summed E-state index contributed by atoms with van der Waals surface area (Å²) in [5.74, 6) is 0.954. The Kier molecular flexibility index (Phi) is 4.81. The average Bonchev–Trinajstić information content (AvgIpc) is 3.03. The van der Waals surface area contributed by atoms with Crippen LogP contribution in [0.4, 0.5) is 0 Å². The van der Waals surface area contributed by atoms with Crippen molar-refractivity contribution in [1.82, 2.24) is 5.32 Å². The highest BCUT2D eigenvalue weighted by Crippen LogP contribution is 2.54. The topological polar surface area (TPSA) is 30.5 Å². The summed E-state index contributed by atoms with van der Waals surface area (Å²) < 4.78 is 11.7. The van der Waals surface area contributed by atoms with E-state index in [-0.39, 0.29) is 0 Å². The van der Waals surface area contributed by atoms with Gasteiger partial charge in [0, 0.05) is 24.6 Å². The van der Waals surface area contributed by atoms with Gasteiger partial charge in [-0.25, -0.2) is 0 Å². The van der Waals surface area contributed by atoms with Crippen molar-refractivity contribution in [1.29, 1.82) is 0 Å². The molecule has 2 aliphatic rings. The zero-order chi connectivity index (χ0) is 14.5. The lowest BCUT2D eigenvalue weighted by molar-refractivity contribution is -0.130. The third-order valence-corrected chi connectivity index (χ3v) is 5.19. The van der Waals surface area contributed by atoms with Crippen molar-refractivity contribution in [3.05, 3.63) is 30.3 Å². The lowest BCUT2D eigenvalue weighted by Gasteiger charge is -2.54. The first-order valence-electron chi connectivity index (χ1n) is 8.38. The summed E-state index contributed by atoms with van der Waals surface area (Å²) in [5.41, 5.74) is 0.419. The first-order valence-corrected chi connectivity index (χ1v) is 8.38. The molecule has 0 saturated heterocycles. The lowest BCUT2D eigenvalue weighted by atomic mass is 9.60. The summed E-state index contributed by atoms with van der Waals surface area (Å²) in [4.78, 5) is 0. The molecule has 0 amide bonds. The quantitative estimate of drug-likeness (QED) is 0.780. The first-order chi connectivity index (χ1) is 10.3. The minimum atomic E-state index is 0.419. The van der Waals surface area contributed by atoms with Crippen molar-refractivity contribution in [3.8, 4) is 5.75 Å². The molecule has 0 aromatic heterocycles. The SMILES string of the molecule is CCOC1CC(NCCOc2ccccc2)C12CCCC2. The summed E-state index contributed by atoms with van der Waals surface area (Å²) >= 11 is 0. The van der Waals surface area contributed by atoms with Crippen LogP contribution in [0.3, 0.4) is 0 Å². The maximum absolute atomic E-state index is 5.95. The number of hydrogen-bond acceptors (Lipinski definition) is 3. The minimum absolute atomic E-state index is 0.419. The summed E-state index contributed by atoms with van der Waals surface area (Å²) in [6.45, 7) is 4.60. The minimum Gasteiger partial charge on any atom is -0.492 e. The second-order valence-electron chi connectivity index (χ2n) is 6.29. The molecule has 116 valence electrons. The predicted molar refractivity (Wildman–Crippen MR) is 84.7 cm³/mol. The average molecular weight is 289 g/mol. The molecule has 0 aliphatic heterocycles. The monoisotopic (exact) mass is 289 g/mol. The van der Waals surface area contributed by atoms with Crippen molar-refractivity contribution < 1.29 is 9.47 Å². The maximum atomic E-state index is 5.95. The number of rotatable bonds is 7. The van der Waals surface area contributed by atoms with Gasteiger partial charge in [0.2, 0.25) is 0 Å². The van der Waals surface area contributed by atoms with Crippen LogP contribution in [0.2, 0.25) is 0 Å².